The van der Waals surface area contributed by atoms with Gasteiger partial charge >= 0.3 is 0 Å². The molecule has 0 bridgehead atoms. The molecule has 78 valence electrons. The second-order valence-corrected chi connectivity index (χ2v) is 6.65. The van der Waals surface area contributed by atoms with E-state index in [0.29, 0.717) is 0 Å². The van der Waals surface area contributed by atoms with Gasteiger partial charge in [0.25, 0.3) is 6.43 Å². The highest BCUT2D eigenvalue weighted by Crippen LogP contribution is 2.38. The summed E-state index contributed by atoms with van der Waals surface area (Å²) in [6, 6.07) is 4.08. The van der Waals surface area contributed by atoms with Crippen LogP contribution < -0.4 is 11.0 Å². The summed E-state index contributed by atoms with van der Waals surface area (Å²) < 4.78 is 36.8. The van der Waals surface area contributed by atoms with Crippen LogP contribution in [-0.2, 0) is 4.57 Å². The topological polar surface area (TPSA) is 43.1 Å². The van der Waals surface area contributed by atoms with Gasteiger partial charge in [-0.3, -0.25) is 0 Å². The van der Waals surface area contributed by atoms with Gasteiger partial charge in [-0.05, 0) is 31.5 Å². The van der Waals surface area contributed by atoms with Gasteiger partial charge in [0.05, 0.1) is 0 Å². The Hall–Kier alpha value is -0.890. The number of alkyl halides is 2. The van der Waals surface area contributed by atoms with Crippen molar-refractivity contribution in [3.05, 3.63) is 23.8 Å². The molecule has 0 aromatic heterocycles. The summed E-state index contributed by atoms with van der Waals surface area (Å²) in [6.07, 6.45) is -2.64. The van der Waals surface area contributed by atoms with Gasteiger partial charge < -0.3 is 10.3 Å². The Morgan fingerprint density at radius 1 is 1.36 bits per heavy atom. The summed E-state index contributed by atoms with van der Waals surface area (Å²) in [5, 5.41) is 0.210. The van der Waals surface area contributed by atoms with Crippen LogP contribution in [0.3, 0.4) is 0 Å². The van der Waals surface area contributed by atoms with Crippen molar-refractivity contribution >= 4 is 18.1 Å². The average molecular weight is 219 g/mol. The van der Waals surface area contributed by atoms with E-state index in [1.54, 1.807) is 0 Å². The van der Waals surface area contributed by atoms with Crippen molar-refractivity contribution in [3.63, 3.8) is 0 Å². The van der Waals surface area contributed by atoms with Gasteiger partial charge in [0.1, 0.15) is 7.14 Å². The van der Waals surface area contributed by atoms with Crippen LogP contribution in [0.5, 0.6) is 0 Å². The SMILES string of the molecule is CP(C)(=O)c1ccc(N)cc1C(F)F. The first-order valence-corrected chi connectivity index (χ1v) is 6.65. The smallest absolute Gasteiger partial charge is 0.264 e. The van der Waals surface area contributed by atoms with Gasteiger partial charge in [-0.15, -0.1) is 0 Å². The fourth-order valence-corrected chi connectivity index (χ4v) is 2.46. The molecule has 0 fully saturated rings. The molecule has 0 aliphatic carbocycles. The van der Waals surface area contributed by atoms with E-state index in [1.165, 1.54) is 31.5 Å². The van der Waals surface area contributed by atoms with Crippen molar-refractivity contribution in [2.75, 3.05) is 19.1 Å². The van der Waals surface area contributed by atoms with Crippen LogP contribution in [0.25, 0.3) is 0 Å². The number of rotatable bonds is 2. The fourth-order valence-electron chi connectivity index (χ4n) is 1.24. The Morgan fingerprint density at radius 2 is 1.93 bits per heavy atom. The predicted molar refractivity (Wildman–Crippen MR) is 54.9 cm³/mol. The Bertz CT molecular complexity index is 386. The van der Waals surface area contributed by atoms with E-state index in [2.05, 4.69) is 0 Å². The van der Waals surface area contributed by atoms with Gasteiger partial charge in [-0.25, -0.2) is 8.78 Å². The summed E-state index contributed by atoms with van der Waals surface area (Å²) in [6.45, 7) is 2.93. The standard InChI is InChI=1S/C9H12F2NOP/c1-14(2,13)8-4-3-6(12)5-7(8)9(10)11/h3-5,9H,12H2,1-2H3. The van der Waals surface area contributed by atoms with Crippen molar-refractivity contribution in [1.82, 2.24) is 0 Å². The minimum absolute atomic E-state index is 0.210. The Morgan fingerprint density at radius 3 is 2.36 bits per heavy atom. The number of hydrogen-bond donors (Lipinski definition) is 1. The molecule has 0 amide bonds. The monoisotopic (exact) mass is 219 g/mol. The molecule has 5 heteroatoms. The van der Waals surface area contributed by atoms with E-state index >= 15 is 0 Å². The molecule has 1 aromatic rings. The zero-order chi connectivity index (χ0) is 10.9. The third kappa shape index (κ3) is 2.32. The van der Waals surface area contributed by atoms with E-state index in [1.807, 2.05) is 0 Å². The van der Waals surface area contributed by atoms with Crippen LogP contribution in [0.4, 0.5) is 14.5 Å². The first-order chi connectivity index (χ1) is 6.32. The third-order valence-corrected chi connectivity index (χ3v) is 3.43. The Balaban J connectivity index is 3.37. The minimum Gasteiger partial charge on any atom is -0.399 e. The summed E-state index contributed by atoms with van der Waals surface area (Å²) in [7, 11) is -2.66. The molecular formula is C9H12F2NOP. The maximum atomic E-state index is 12.6. The van der Waals surface area contributed by atoms with E-state index in [-0.39, 0.29) is 16.6 Å². The van der Waals surface area contributed by atoms with Crippen LogP contribution in [0.2, 0.25) is 0 Å². The lowest BCUT2D eigenvalue weighted by molar-refractivity contribution is 0.152. The normalized spacial score (nSPS) is 12.1. The lowest BCUT2D eigenvalue weighted by Crippen LogP contribution is -2.11. The summed E-state index contributed by atoms with van der Waals surface area (Å²) in [5.74, 6) is 0. The molecule has 0 saturated carbocycles. The maximum Gasteiger partial charge on any atom is 0.264 e. The zero-order valence-corrected chi connectivity index (χ0v) is 8.89. The highest BCUT2D eigenvalue weighted by molar-refractivity contribution is 7.70. The third-order valence-electron chi connectivity index (χ3n) is 1.87. The number of halogens is 2. The number of nitrogen functional groups attached to an aromatic ring is 1. The molecule has 2 N–H and O–H groups in total. The van der Waals surface area contributed by atoms with Gasteiger partial charge in [-0.2, -0.15) is 0 Å². The molecule has 1 aromatic carbocycles. The molecule has 0 spiro atoms. The second kappa shape index (κ2) is 3.70. The number of anilines is 1. The maximum absolute atomic E-state index is 12.6. The summed E-state index contributed by atoms with van der Waals surface area (Å²) in [4.78, 5) is 0. The molecule has 0 heterocycles. The van der Waals surface area contributed by atoms with Gasteiger partial charge in [0.2, 0.25) is 0 Å². The Labute approximate surface area is 81.5 Å². The summed E-state index contributed by atoms with van der Waals surface area (Å²) >= 11 is 0. The van der Waals surface area contributed by atoms with Crippen molar-refractivity contribution in [2.24, 2.45) is 0 Å². The van der Waals surface area contributed by atoms with E-state index in [9.17, 15) is 13.3 Å². The van der Waals surface area contributed by atoms with Crippen molar-refractivity contribution < 1.29 is 13.3 Å². The average Bonchev–Trinajstić information content (AvgIpc) is 2.01. The molecule has 0 unspecified atom stereocenters. The zero-order valence-electron chi connectivity index (χ0n) is 8.00. The molecule has 0 aliphatic heterocycles. The molecular weight excluding hydrogens is 207 g/mol. The molecule has 14 heavy (non-hydrogen) atoms. The molecule has 0 saturated heterocycles. The van der Waals surface area contributed by atoms with Crippen molar-refractivity contribution in [3.8, 4) is 0 Å². The molecule has 2 nitrogen and oxygen atoms in total. The van der Waals surface area contributed by atoms with Crippen LogP contribution in [0.1, 0.15) is 12.0 Å². The first-order valence-electron chi connectivity index (χ1n) is 4.05. The van der Waals surface area contributed by atoms with Crippen molar-refractivity contribution in [2.45, 2.75) is 6.43 Å². The second-order valence-electron chi connectivity index (χ2n) is 3.47. The van der Waals surface area contributed by atoms with Gasteiger partial charge in [0.15, 0.2) is 0 Å². The van der Waals surface area contributed by atoms with Crippen LogP contribution in [0, 0.1) is 0 Å². The van der Waals surface area contributed by atoms with Crippen LogP contribution >= 0.6 is 7.14 Å². The van der Waals surface area contributed by atoms with Crippen molar-refractivity contribution in [1.29, 1.82) is 0 Å². The largest absolute Gasteiger partial charge is 0.399 e. The molecule has 0 radical (unpaired) electrons. The lowest BCUT2D eigenvalue weighted by atomic mass is 10.2. The van der Waals surface area contributed by atoms with E-state index in [4.69, 9.17) is 5.73 Å². The number of benzene rings is 1. The first kappa shape index (κ1) is 11.2. The minimum atomic E-state index is -2.66. The number of nitrogens with two attached hydrogens (primary N) is 1. The molecule has 0 aliphatic rings. The number of hydrogen-bond acceptors (Lipinski definition) is 2. The fraction of sp³-hybridized carbons (Fsp3) is 0.333. The predicted octanol–water partition coefficient (Wildman–Crippen LogP) is 2.45. The van der Waals surface area contributed by atoms with Crippen LogP contribution in [-0.4, -0.2) is 13.3 Å². The quantitative estimate of drug-likeness (QED) is 0.613. The molecule has 1 rings (SSSR count). The van der Waals surface area contributed by atoms with Gasteiger partial charge in [0, 0.05) is 16.6 Å². The Kier molecular flexibility index (Phi) is 2.95. The van der Waals surface area contributed by atoms with Gasteiger partial charge in [-0.1, -0.05) is 0 Å². The lowest BCUT2D eigenvalue weighted by Gasteiger charge is -2.13. The highest BCUT2D eigenvalue weighted by Gasteiger charge is 2.21. The van der Waals surface area contributed by atoms with E-state index < -0.39 is 13.6 Å². The summed E-state index contributed by atoms with van der Waals surface area (Å²) in [5.41, 5.74) is 5.42. The van der Waals surface area contributed by atoms with Crippen LogP contribution in [0.15, 0.2) is 18.2 Å². The highest BCUT2D eigenvalue weighted by atomic mass is 31.2. The van der Waals surface area contributed by atoms with E-state index in [0.717, 1.165) is 0 Å². The molecule has 0 atom stereocenters.